The van der Waals surface area contributed by atoms with E-state index in [0.717, 1.165) is 6.21 Å². The molecule has 3 aromatic rings. The van der Waals surface area contributed by atoms with E-state index in [9.17, 15) is 16.8 Å². The fourth-order valence-electron chi connectivity index (χ4n) is 2.41. The molecule has 1 heterocycles. The molecule has 0 spiro atoms. The van der Waals surface area contributed by atoms with E-state index in [4.69, 9.17) is 11.6 Å². The molecule has 0 aliphatic carbocycles. The molecular weight excluding hydrogens is 500 g/mol. The highest BCUT2D eigenvalue weighted by Gasteiger charge is 2.38. The number of halogens is 2. The smallest absolute Gasteiger partial charge is 0.206 e. The Balaban J connectivity index is 2.13. The Morgan fingerprint density at radius 1 is 0.862 bits per heavy atom. The molecule has 1 atom stereocenters. The van der Waals surface area contributed by atoms with Crippen molar-refractivity contribution in [3.8, 4) is 0 Å². The number of sulfone groups is 2. The summed E-state index contributed by atoms with van der Waals surface area (Å²) in [6, 6.07) is 15.8. The second-order valence-electron chi connectivity index (χ2n) is 5.84. The SMILES string of the molecule is O=S(=O)(c1ccccc1)C(C=Nc1ccc(Br)cn1)S(=O)(=O)c1ccc(Cl)cc1. The lowest BCUT2D eigenvalue weighted by Gasteiger charge is -2.15. The predicted octanol–water partition coefficient (Wildman–Crippen LogP) is 4.47. The van der Waals surface area contributed by atoms with Crippen LogP contribution in [0, 0.1) is 0 Å². The van der Waals surface area contributed by atoms with Crippen LogP contribution in [-0.2, 0) is 19.7 Å². The Kier molecular flexibility index (Phi) is 6.52. The summed E-state index contributed by atoms with van der Waals surface area (Å²) in [6.45, 7) is 0. The number of aliphatic imine (C=N–C) groups is 1. The third-order valence-corrected chi connectivity index (χ3v) is 9.43. The van der Waals surface area contributed by atoms with Gasteiger partial charge in [-0.2, -0.15) is 0 Å². The summed E-state index contributed by atoms with van der Waals surface area (Å²) < 4.78 is 51.5. The van der Waals surface area contributed by atoms with Gasteiger partial charge in [-0.05, 0) is 64.5 Å². The highest BCUT2D eigenvalue weighted by molar-refractivity contribution is 9.10. The number of hydrogen-bond donors (Lipinski definition) is 0. The molecule has 0 aliphatic heterocycles. The second-order valence-corrected chi connectivity index (χ2v) is 11.6. The first kappa shape index (κ1) is 21.6. The van der Waals surface area contributed by atoms with Crippen molar-refractivity contribution in [1.29, 1.82) is 0 Å². The van der Waals surface area contributed by atoms with Crippen LogP contribution in [-0.4, -0.2) is 32.6 Å². The number of rotatable bonds is 6. The topological polar surface area (TPSA) is 93.5 Å². The molecule has 0 saturated heterocycles. The molecule has 0 N–H and O–H groups in total. The third kappa shape index (κ3) is 4.92. The first-order valence-corrected chi connectivity index (χ1v) is 12.4. The molecule has 0 radical (unpaired) electrons. The van der Waals surface area contributed by atoms with Crippen molar-refractivity contribution in [2.45, 2.75) is 14.4 Å². The molecule has 0 amide bonds. The number of hydrogen-bond acceptors (Lipinski definition) is 6. The van der Waals surface area contributed by atoms with Gasteiger partial charge in [0.2, 0.25) is 24.3 Å². The van der Waals surface area contributed by atoms with Gasteiger partial charge in [0.05, 0.1) is 9.79 Å². The van der Waals surface area contributed by atoms with Crippen molar-refractivity contribution >= 4 is 59.2 Å². The Morgan fingerprint density at radius 3 is 2.00 bits per heavy atom. The molecule has 3 rings (SSSR count). The van der Waals surface area contributed by atoms with Crippen LogP contribution in [0.3, 0.4) is 0 Å². The lowest BCUT2D eigenvalue weighted by atomic mass is 10.4. The second kappa shape index (κ2) is 8.74. The normalized spacial score (nSPS) is 13.4. The van der Waals surface area contributed by atoms with Crippen LogP contribution >= 0.6 is 27.5 Å². The molecule has 0 fully saturated rings. The van der Waals surface area contributed by atoms with Gasteiger partial charge in [-0.3, -0.25) is 0 Å². The number of pyridine rings is 1. The van der Waals surface area contributed by atoms with Gasteiger partial charge in [-0.25, -0.2) is 26.8 Å². The van der Waals surface area contributed by atoms with Gasteiger partial charge in [-0.1, -0.05) is 29.8 Å². The van der Waals surface area contributed by atoms with E-state index in [-0.39, 0.29) is 15.6 Å². The maximum Gasteiger partial charge on any atom is 0.206 e. The van der Waals surface area contributed by atoms with E-state index in [1.54, 1.807) is 12.1 Å². The number of benzene rings is 2. The summed E-state index contributed by atoms with van der Waals surface area (Å²) in [5.41, 5.74) is 0. The van der Waals surface area contributed by atoms with Gasteiger partial charge >= 0.3 is 0 Å². The van der Waals surface area contributed by atoms with Crippen LogP contribution in [0.25, 0.3) is 0 Å². The zero-order valence-corrected chi connectivity index (χ0v) is 18.7. The van der Waals surface area contributed by atoms with Crippen molar-refractivity contribution in [3.63, 3.8) is 0 Å². The van der Waals surface area contributed by atoms with Crippen molar-refractivity contribution in [1.82, 2.24) is 4.98 Å². The average molecular weight is 514 g/mol. The Labute approximate surface area is 182 Å². The molecule has 0 saturated carbocycles. The van der Waals surface area contributed by atoms with E-state index >= 15 is 0 Å². The maximum atomic E-state index is 13.2. The third-order valence-electron chi connectivity index (χ3n) is 3.87. The van der Waals surface area contributed by atoms with E-state index in [1.165, 1.54) is 60.8 Å². The standard InChI is InChI=1S/C19H14BrClN2O4S2/c20-14-6-11-18(22-12-14)23-13-19(28(24,25)16-4-2-1-3-5-16)29(26,27)17-9-7-15(21)8-10-17/h1-13,19H. The average Bonchev–Trinajstić information content (AvgIpc) is 2.70. The molecule has 1 unspecified atom stereocenters. The van der Waals surface area contributed by atoms with Gasteiger partial charge in [0.25, 0.3) is 0 Å². The minimum atomic E-state index is -4.33. The van der Waals surface area contributed by atoms with E-state index < -0.39 is 24.3 Å². The molecule has 0 aliphatic rings. The van der Waals surface area contributed by atoms with Crippen LogP contribution in [0.2, 0.25) is 5.02 Å². The van der Waals surface area contributed by atoms with E-state index in [2.05, 4.69) is 25.9 Å². The highest BCUT2D eigenvalue weighted by atomic mass is 79.9. The van der Waals surface area contributed by atoms with Crippen LogP contribution in [0.1, 0.15) is 0 Å². The van der Waals surface area contributed by atoms with Crippen LogP contribution in [0.4, 0.5) is 5.82 Å². The summed E-state index contributed by atoms with van der Waals surface area (Å²) in [5, 5.41) is 0.333. The summed E-state index contributed by atoms with van der Waals surface area (Å²) in [5.74, 6) is 0.174. The van der Waals surface area contributed by atoms with E-state index in [0.29, 0.717) is 9.50 Å². The summed E-state index contributed by atoms with van der Waals surface area (Å²) in [6.07, 6.45) is 2.36. The highest BCUT2D eigenvalue weighted by Crippen LogP contribution is 2.26. The van der Waals surface area contributed by atoms with Crippen molar-refractivity contribution in [2.24, 2.45) is 4.99 Å². The van der Waals surface area contributed by atoms with Crippen LogP contribution in [0.5, 0.6) is 0 Å². The van der Waals surface area contributed by atoms with Crippen LogP contribution in [0.15, 0.2) is 92.2 Å². The summed E-state index contributed by atoms with van der Waals surface area (Å²) >= 11 is 9.07. The van der Waals surface area contributed by atoms with Gasteiger partial charge in [0.15, 0.2) is 5.82 Å². The summed E-state index contributed by atoms with van der Waals surface area (Å²) in [7, 11) is -8.64. The Morgan fingerprint density at radius 2 is 1.45 bits per heavy atom. The molecule has 2 aromatic carbocycles. The fraction of sp³-hybridized carbons (Fsp3) is 0.0526. The van der Waals surface area contributed by atoms with Crippen molar-refractivity contribution < 1.29 is 16.8 Å². The van der Waals surface area contributed by atoms with E-state index in [1.807, 2.05) is 0 Å². The lowest BCUT2D eigenvalue weighted by molar-refractivity contribution is 0.584. The largest absolute Gasteiger partial charge is 0.239 e. The summed E-state index contributed by atoms with van der Waals surface area (Å²) in [4.78, 5) is 7.72. The fourth-order valence-corrected chi connectivity index (χ4v) is 6.80. The quantitative estimate of drug-likeness (QED) is 0.453. The predicted molar refractivity (Wildman–Crippen MR) is 116 cm³/mol. The van der Waals surface area contributed by atoms with Crippen molar-refractivity contribution in [3.05, 3.63) is 82.4 Å². The first-order valence-electron chi connectivity index (χ1n) is 8.15. The molecule has 150 valence electrons. The first-order chi connectivity index (χ1) is 13.7. The van der Waals surface area contributed by atoms with Gasteiger partial charge in [0, 0.05) is 21.9 Å². The minimum absolute atomic E-state index is 0.127. The molecular formula is C19H14BrClN2O4S2. The molecule has 1 aromatic heterocycles. The Hall–Kier alpha value is -2.07. The number of nitrogens with zero attached hydrogens (tertiary/aromatic N) is 2. The molecule has 29 heavy (non-hydrogen) atoms. The van der Waals surface area contributed by atoms with Gasteiger partial charge in [-0.15, -0.1) is 0 Å². The van der Waals surface area contributed by atoms with Gasteiger partial charge in [0.1, 0.15) is 0 Å². The Bertz CT molecular complexity index is 1230. The molecule has 0 bridgehead atoms. The zero-order chi connectivity index (χ0) is 21.1. The van der Waals surface area contributed by atoms with Crippen LogP contribution < -0.4 is 0 Å². The zero-order valence-electron chi connectivity index (χ0n) is 14.7. The minimum Gasteiger partial charge on any atom is -0.239 e. The molecule has 6 nitrogen and oxygen atoms in total. The van der Waals surface area contributed by atoms with Crippen molar-refractivity contribution in [2.75, 3.05) is 0 Å². The number of aromatic nitrogens is 1. The van der Waals surface area contributed by atoms with Gasteiger partial charge < -0.3 is 0 Å². The monoisotopic (exact) mass is 512 g/mol. The lowest BCUT2D eigenvalue weighted by Crippen LogP contribution is -2.32. The maximum absolute atomic E-state index is 13.2. The molecule has 10 heteroatoms.